The third-order valence-electron chi connectivity index (χ3n) is 3.75. The van der Waals surface area contributed by atoms with Crippen LogP contribution in [-0.2, 0) is 6.42 Å². The van der Waals surface area contributed by atoms with Gasteiger partial charge in [0.05, 0.1) is 0 Å². The first-order valence-electron chi connectivity index (χ1n) is 7.15. The first-order chi connectivity index (χ1) is 9.61. The smallest absolute Gasteiger partial charge is 0.123 e. The molecule has 2 aromatic rings. The highest BCUT2D eigenvalue weighted by Gasteiger charge is 2.14. The highest BCUT2D eigenvalue weighted by atomic mass is 19.1. The van der Waals surface area contributed by atoms with E-state index >= 15 is 0 Å². The van der Waals surface area contributed by atoms with Crippen LogP contribution < -0.4 is 5.32 Å². The molecule has 0 aliphatic heterocycles. The lowest BCUT2D eigenvalue weighted by Gasteiger charge is -2.21. The summed E-state index contributed by atoms with van der Waals surface area (Å²) in [5.74, 6) is -0.161. The van der Waals surface area contributed by atoms with Crippen LogP contribution in [0.1, 0.15) is 35.2 Å². The molecule has 2 rings (SSSR count). The van der Waals surface area contributed by atoms with E-state index in [9.17, 15) is 4.39 Å². The van der Waals surface area contributed by atoms with Gasteiger partial charge in [0, 0.05) is 6.04 Å². The van der Waals surface area contributed by atoms with Crippen LogP contribution in [-0.4, -0.2) is 6.54 Å². The fraction of sp³-hybridized carbons (Fsp3) is 0.333. The molecule has 0 amide bonds. The number of hydrogen-bond acceptors (Lipinski definition) is 1. The quantitative estimate of drug-likeness (QED) is 0.853. The molecule has 2 heteroatoms. The monoisotopic (exact) mass is 271 g/mol. The van der Waals surface area contributed by atoms with Gasteiger partial charge in [0.2, 0.25) is 0 Å². The number of hydrogen-bond donors (Lipinski definition) is 1. The van der Waals surface area contributed by atoms with Crippen molar-refractivity contribution in [2.24, 2.45) is 0 Å². The molecule has 0 saturated carbocycles. The molecular formula is C18H22FN. The van der Waals surface area contributed by atoms with Crippen molar-refractivity contribution in [3.63, 3.8) is 0 Å². The molecule has 0 heterocycles. The predicted molar refractivity (Wildman–Crippen MR) is 82.4 cm³/mol. The van der Waals surface area contributed by atoms with Gasteiger partial charge in [-0.05, 0) is 61.2 Å². The van der Waals surface area contributed by atoms with Crippen molar-refractivity contribution in [1.29, 1.82) is 0 Å². The Morgan fingerprint density at radius 2 is 1.80 bits per heavy atom. The molecule has 1 atom stereocenters. The maximum Gasteiger partial charge on any atom is 0.123 e. The number of nitrogens with one attached hydrogen (secondary N) is 1. The van der Waals surface area contributed by atoms with Gasteiger partial charge < -0.3 is 5.32 Å². The number of aryl methyl sites for hydroxylation is 2. The molecule has 0 aromatic heterocycles. The summed E-state index contributed by atoms with van der Waals surface area (Å²) >= 11 is 0. The topological polar surface area (TPSA) is 12.0 Å². The summed E-state index contributed by atoms with van der Waals surface area (Å²) in [6.45, 7) is 7.16. The van der Waals surface area contributed by atoms with Gasteiger partial charge in [-0.2, -0.15) is 0 Å². The molecule has 1 unspecified atom stereocenters. The van der Waals surface area contributed by atoms with E-state index < -0.39 is 0 Å². The van der Waals surface area contributed by atoms with Crippen LogP contribution in [0.2, 0.25) is 0 Å². The van der Waals surface area contributed by atoms with Crippen LogP contribution in [0, 0.1) is 19.7 Å². The SMILES string of the molecule is CCNC(Cc1cc(F)ccc1C)c1ccccc1C. The number of rotatable bonds is 5. The minimum absolute atomic E-state index is 0.161. The van der Waals surface area contributed by atoms with E-state index in [0.29, 0.717) is 0 Å². The Kier molecular flexibility index (Phi) is 4.91. The van der Waals surface area contributed by atoms with Crippen LogP contribution in [0.3, 0.4) is 0 Å². The zero-order chi connectivity index (χ0) is 14.5. The van der Waals surface area contributed by atoms with Gasteiger partial charge in [0.1, 0.15) is 5.82 Å². The maximum absolute atomic E-state index is 13.4. The molecule has 0 saturated heterocycles. The Bertz CT molecular complexity index is 577. The minimum Gasteiger partial charge on any atom is -0.310 e. The third kappa shape index (κ3) is 3.45. The second kappa shape index (κ2) is 6.67. The lowest BCUT2D eigenvalue weighted by atomic mass is 9.93. The van der Waals surface area contributed by atoms with E-state index in [1.54, 1.807) is 6.07 Å². The fourth-order valence-electron chi connectivity index (χ4n) is 2.60. The number of halogens is 1. The molecule has 106 valence electrons. The number of benzene rings is 2. The summed E-state index contributed by atoms with van der Waals surface area (Å²) in [6, 6.07) is 13.6. The Labute approximate surface area is 120 Å². The number of likely N-dealkylation sites (N-methyl/N-ethyl adjacent to an activating group) is 1. The van der Waals surface area contributed by atoms with Gasteiger partial charge in [0.25, 0.3) is 0 Å². The van der Waals surface area contributed by atoms with E-state index in [1.807, 2.05) is 13.0 Å². The fourth-order valence-corrected chi connectivity index (χ4v) is 2.60. The van der Waals surface area contributed by atoms with Gasteiger partial charge >= 0.3 is 0 Å². The Hall–Kier alpha value is -1.67. The molecule has 1 N–H and O–H groups in total. The molecule has 1 nitrogen and oxygen atoms in total. The molecule has 20 heavy (non-hydrogen) atoms. The summed E-state index contributed by atoms with van der Waals surface area (Å²) < 4.78 is 13.4. The maximum atomic E-state index is 13.4. The summed E-state index contributed by atoms with van der Waals surface area (Å²) in [6.07, 6.45) is 0.808. The average molecular weight is 271 g/mol. The molecule has 0 spiro atoms. The van der Waals surface area contributed by atoms with E-state index in [4.69, 9.17) is 0 Å². The normalized spacial score (nSPS) is 12.4. The van der Waals surface area contributed by atoms with E-state index in [-0.39, 0.29) is 11.9 Å². The van der Waals surface area contributed by atoms with Crippen molar-refractivity contribution in [1.82, 2.24) is 5.32 Å². The van der Waals surface area contributed by atoms with Crippen molar-refractivity contribution in [3.05, 3.63) is 70.5 Å². The minimum atomic E-state index is -0.161. The van der Waals surface area contributed by atoms with Crippen molar-refractivity contribution < 1.29 is 4.39 Å². The van der Waals surface area contributed by atoms with Crippen molar-refractivity contribution in [2.75, 3.05) is 6.54 Å². The largest absolute Gasteiger partial charge is 0.310 e. The van der Waals surface area contributed by atoms with E-state index in [0.717, 1.165) is 24.1 Å². The van der Waals surface area contributed by atoms with Crippen LogP contribution in [0.4, 0.5) is 4.39 Å². The molecule has 0 radical (unpaired) electrons. The summed E-state index contributed by atoms with van der Waals surface area (Å²) in [7, 11) is 0. The Morgan fingerprint density at radius 1 is 1.05 bits per heavy atom. The zero-order valence-corrected chi connectivity index (χ0v) is 12.4. The van der Waals surface area contributed by atoms with Crippen LogP contribution >= 0.6 is 0 Å². The molecular weight excluding hydrogens is 249 g/mol. The zero-order valence-electron chi connectivity index (χ0n) is 12.4. The molecule has 0 aliphatic rings. The predicted octanol–water partition coefficient (Wildman–Crippen LogP) is 4.34. The Balaban J connectivity index is 2.30. The molecule has 0 bridgehead atoms. The van der Waals surface area contributed by atoms with Crippen LogP contribution in [0.25, 0.3) is 0 Å². The van der Waals surface area contributed by atoms with Gasteiger partial charge in [-0.3, -0.25) is 0 Å². The summed E-state index contributed by atoms with van der Waals surface area (Å²) in [5.41, 5.74) is 4.77. The van der Waals surface area contributed by atoms with Gasteiger partial charge in [0.15, 0.2) is 0 Å². The molecule has 0 aliphatic carbocycles. The lowest BCUT2D eigenvalue weighted by Crippen LogP contribution is -2.24. The van der Waals surface area contributed by atoms with E-state index in [2.05, 4.69) is 43.4 Å². The van der Waals surface area contributed by atoms with Gasteiger partial charge in [-0.1, -0.05) is 37.3 Å². The summed E-state index contributed by atoms with van der Waals surface area (Å²) in [5, 5.41) is 3.51. The molecule has 2 aromatic carbocycles. The average Bonchev–Trinajstić information content (AvgIpc) is 2.43. The standard InChI is InChI=1S/C18H22FN/c1-4-20-18(17-8-6-5-7-14(17)3)12-15-11-16(19)10-9-13(15)2/h5-11,18,20H,4,12H2,1-3H3. The van der Waals surface area contributed by atoms with E-state index in [1.165, 1.54) is 17.2 Å². The highest BCUT2D eigenvalue weighted by Crippen LogP contribution is 2.23. The second-order valence-electron chi connectivity index (χ2n) is 5.24. The second-order valence-corrected chi connectivity index (χ2v) is 5.24. The Morgan fingerprint density at radius 3 is 2.50 bits per heavy atom. The van der Waals surface area contributed by atoms with Crippen molar-refractivity contribution >= 4 is 0 Å². The summed E-state index contributed by atoms with van der Waals surface area (Å²) in [4.78, 5) is 0. The van der Waals surface area contributed by atoms with Crippen LogP contribution in [0.5, 0.6) is 0 Å². The van der Waals surface area contributed by atoms with Crippen molar-refractivity contribution in [3.8, 4) is 0 Å². The van der Waals surface area contributed by atoms with Crippen molar-refractivity contribution in [2.45, 2.75) is 33.2 Å². The molecule has 0 fully saturated rings. The highest BCUT2D eigenvalue weighted by molar-refractivity contribution is 5.33. The first-order valence-corrected chi connectivity index (χ1v) is 7.15. The third-order valence-corrected chi connectivity index (χ3v) is 3.75. The first kappa shape index (κ1) is 14.7. The van der Waals surface area contributed by atoms with Gasteiger partial charge in [-0.15, -0.1) is 0 Å². The van der Waals surface area contributed by atoms with Crippen LogP contribution in [0.15, 0.2) is 42.5 Å². The van der Waals surface area contributed by atoms with Gasteiger partial charge in [-0.25, -0.2) is 4.39 Å². The lowest BCUT2D eigenvalue weighted by molar-refractivity contribution is 0.543.